The molecule has 26 heteroatoms. The second-order valence-corrected chi connectivity index (χ2v) is 9.18. The van der Waals surface area contributed by atoms with Crippen molar-refractivity contribution < 1.29 is 943 Å². The predicted molar refractivity (Wildman–Crippen MR) is 93.4 cm³/mol. The quantitative estimate of drug-likeness (QED) is 0.284. The van der Waals surface area contributed by atoms with E-state index in [1.54, 1.807) is 0 Å². The average Bonchev–Trinajstić information content (AvgIpc) is 2.20. The minimum atomic E-state index is -0.896. The van der Waals surface area contributed by atoms with E-state index in [-0.39, 0.29) is 951 Å². The van der Waals surface area contributed by atoms with Crippen molar-refractivity contribution in [2.24, 2.45) is 11.8 Å². The molecule has 0 rings (SSSR count). The first-order valence-electron chi connectivity index (χ1n) is 6.97. The zero-order valence-corrected chi connectivity index (χ0v) is 41.0. The molecule has 0 saturated heterocycles. The summed E-state index contributed by atoms with van der Waals surface area (Å²) >= 11 is 0. The molecule has 0 N–H and O–H groups in total. The van der Waals surface area contributed by atoms with E-state index in [0.717, 1.165) is 17.5 Å². The van der Waals surface area contributed by atoms with Gasteiger partial charge in [-0.15, -0.1) is 13.2 Å². The normalized spacial score (nSPS) is 5.90. The predicted octanol–water partition coefficient (Wildman–Crippen LogP) is 6.45. The summed E-state index contributed by atoms with van der Waals surface area (Å²) in [6.45, 7) is 21.1. The Bertz CT molecular complexity index is 209. The molecule has 0 amide bonds. The van der Waals surface area contributed by atoms with Gasteiger partial charge in [-0.3, -0.25) is 0 Å². The van der Waals surface area contributed by atoms with E-state index >= 15 is 0 Å². The molecule has 0 spiro atoms. The van der Waals surface area contributed by atoms with Crippen LogP contribution in [-0.2, 0) is 0 Å². The number of hydrogen-bond acceptors (Lipinski definition) is 0. The molecule has 0 aliphatic carbocycles. The Morgan fingerprint density at radius 1 is 0.381 bits per heavy atom. The Morgan fingerprint density at radius 2 is 0.500 bits per heavy atom. The van der Waals surface area contributed by atoms with Crippen LogP contribution < -0.4 is 0 Å². The van der Waals surface area contributed by atoms with Crippen molar-refractivity contribution in [3.8, 4) is 0 Å². The fourth-order valence-corrected chi connectivity index (χ4v) is 5.16. The van der Waals surface area contributed by atoms with Crippen molar-refractivity contribution in [1.82, 2.24) is 0 Å². The van der Waals surface area contributed by atoms with E-state index in [1.165, 1.54) is 6.16 Å². The molecule has 0 aromatic carbocycles. The molecule has 0 radical (unpaired) electrons. The summed E-state index contributed by atoms with van der Waals surface area (Å²) in [6, 6.07) is 0. The van der Waals surface area contributed by atoms with Crippen LogP contribution in [0, 0.1) is 955 Å². The summed E-state index contributed by atoms with van der Waals surface area (Å²) in [5.74, 6) is 1.60. The van der Waals surface area contributed by atoms with E-state index < -0.39 is 6.89 Å². The zero-order chi connectivity index (χ0) is 13.9. The molecular weight excluding hydrogens is 1220 g/mol. The van der Waals surface area contributed by atoms with Crippen LogP contribution in [0.25, 0.3) is 0 Å². The molecule has 0 heterocycles. The van der Waals surface area contributed by atoms with Gasteiger partial charge in [0.15, 0.2) is 0 Å². The molecule has 0 aliphatic rings. The molecule has 0 aromatic heterocycles. The SMILES string of the molecule is C.C=P(C)(CC(C)C)C(C)C(C)C.CC.CC.[Ar].[Ar].[Ar].[Ar].[Ar].[Ar].[Ar].[Ar].[Ar].[Ar].[Ar].[Ar].[Ar].[Ar].[Ar].[Ar].[Ar].[Ar].[Ar].[Ar].[Ar].[Ar].[Ar].[Ar].[Ar]. The van der Waals surface area contributed by atoms with Gasteiger partial charge >= 0.3 is 0 Å². The van der Waals surface area contributed by atoms with E-state index in [2.05, 4.69) is 47.6 Å². The van der Waals surface area contributed by atoms with Crippen LogP contribution in [0.15, 0.2) is 0 Å². The molecule has 310 valence electrons. The van der Waals surface area contributed by atoms with E-state index in [0.29, 0.717) is 0 Å². The van der Waals surface area contributed by atoms with Crippen molar-refractivity contribution in [2.45, 2.75) is 75.4 Å². The Hall–Kier alpha value is 31.8. The molecule has 0 saturated carbocycles. The largest absolute Gasteiger partial charge is 0.112 e. The van der Waals surface area contributed by atoms with Gasteiger partial charge in [-0.1, -0.05) is 69.7 Å². The molecule has 2 atom stereocenters. The fraction of sp³-hybridized carbons (Fsp3) is 0.938. The van der Waals surface area contributed by atoms with Crippen LogP contribution in [0.4, 0.5) is 0 Å². The van der Waals surface area contributed by atoms with Crippen molar-refractivity contribution in [3.63, 3.8) is 0 Å². The van der Waals surface area contributed by atoms with E-state index in [9.17, 15) is 0 Å². The van der Waals surface area contributed by atoms with Gasteiger partial charge in [-0.25, -0.2) is 0 Å². The monoisotopic (exact) mass is 1260 g/mol. The van der Waals surface area contributed by atoms with Gasteiger partial charge in [0.25, 0.3) is 0 Å². The summed E-state index contributed by atoms with van der Waals surface area (Å²) in [4.78, 5) is 0. The maximum absolute atomic E-state index is 4.44. The number of rotatable bonds is 4. The first kappa shape index (κ1) is 195. The first-order valence-corrected chi connectivity index (χ1v) is 9.64. The van der Waals surface area contributed by atoms with Gasteiger partial charge in [0.1, 0.15) is 0 Å². The minimum Gasteiger partial charge on any atom is -0.112 e. The first-order chi connectivity index (χ1) is 7.27. The van der Waals surface area contributed by atoms with Crippen molar-refractivity contribution in [2.75, 3.05) is 12.8 Å². The smallest absolute Gasteiger partial charge is 0 e. The van der Waals surface area contributed by atoms with Crippen molar-refractivity contribution in [3.05, 3.63) is 0 Å². The third-order valence-corrected chi connectivity index (χ3v) is 6.86. The van der Waals surface area contributed by atoms with Gasteiger partial charge in [0.2, 0.25) is 0 Å². The molecular formula is C16H41Ar25P. The van der Waals surface area contributed by atoms with Gasteiger partial charge in [0, 0.05) is 943 Å². The molecule has 0 nitrogen and oxygen atoms in total. The van der Waals surface area contributed by atoms with E-state index in [4.69, 9.17) is 0 Å². The second-order valence-electron chi connectivity index (χ2n) is 5.04. The van der Waals surface area contributed by atoms with Crippen LogP contribution in [0.5, 0.6) is 0 Å². The van der Waals surface area contributed by atoms with E-state index in [1.807, 2.05) is 27.7 Å². The van der Waals surface area contributed by atoms with Gasteiger partial charge in [0.05, 0.1) is 0 Å². The Morgan fingerprint density at radius 3 is 0.571 bits per heavy atom. The molecule has 2 unspecified atom stereocenters. The van der Waals surface area contributed by atoms with Crippen LogP contribution in [-0.4, -0.2) is 24.8 Å². The average molecular weight is 1260 g/mol. The van der Waals surface area contributed by atoms with Crippen LogP contribution in [0.3, 0.4) is 0 Å². The fourth-order valence-electron chi connectivity index (χ4n) is 1.72. The Labute approximate surface area is 1020 Å². The molecule has 0 fully saturated rings. The van der Waals surface area contributed by atoms with Crippen molar-refractivity contribution in [1.29, 1.82) is 0 Å². The standard InChI is InChI=1S/C11H25P.2C2H6.CH4.25Ar/c1-9(2)8-12(6,7)11(5)10(3)4;2*1-2;;;;;;;;;;;;;;;;;;;;;;;;;;/h9-11H,6,8H2,1-5,7H3;2*1-2H3;1H4;;;;;;;;;;;;;;;;;;;;;;;;;. The number of hydrogen-bond donors (Lipinski definition) is 0. The summed E-state index contributed by atoms with van der Waals surface area (Å²) in [5, 5.41) is 0. The second kappa shape index (κ2) is 164. The topological polar surface area (TPSA) is 0 Å². The molecule has 0 bridgehead atoms. The third kappa shape index (κ3) is 164. The summed E-state index contributed by atoms with van der Waals surface area (Å²) in [6.07, 6.45) is 5.78. The van der Waals surface area contributed by atoms with Crippen LogP contribution in [0.2, 0.25) is 0 Å². The minimum absolute atomic E-state index is 0. The van der Waals surface area contributed by atoms with Crippen molar-refractivity contribution >= 4 is 13.2 Å². The maximum Gasteiger partial charge on any atom is 0 e. The molecule has 42 heavy (non-hydrogen) atoms. The maximum atomic E-state index is 4.44. The molecule has 0 aliphatic heterocycles. The van der Waals surface area contributed by atoms with Crippen LogP contribution in [0.1, 0.15) is 69.7 Å². The van der Waals surface area contributed by atoms with Gasteiger partial charge < -0.3 is 0 Å². The summed E-state index contributed by atoms with van der Waals surface area (Å²) in [5.41, 5.74) is 0.819. The summed E-state index contributed by atoms with van der Waals surface area (Å²) in [7, 11) is 0. The van der Waals surface area contributed by atoms with Gasteiger partial charge in [-0.2, -0.15) is 0 Å². The Kier molecular flexibility index (Phi) is 762. The Balaban J connectivity index is -0.00000000201. The molecule has 0 aromatic rings. The third-order valence-electron chi connectivity index (χ3n) is 2.73. The zero-order valence-electron chi connectivity index (χ0n) is 22.4. The van der Waals surface area contributed by atoms with Gasteiger partial charge in [-0.05, 0) is 30.3 Å². The summed E-state index contributed by atoms with van der Waals surface area (Å²) < 4.78 is 0. The van der Waals surface area contributed by atoms with Crippen LogP contribution >= 0.6 is 6.89 Å².